The largest absolute Gasteiger partial charge is 0.303 e. The highest BCUT2D eigenvalue weighted by Gasteiger charge is 2.10. The van der Waals surface area contributed by atoms with Crippen molar-refractivity contribution in [3.05, 3.63) is 129 Å². The Bertz CT molecular complexity index is 1440. The average molecular weight is 505 g/mol. The summed E-state index contributed by atoms with van der Waals surface area (Å²) in [6.07, 6.45) is 3.93. The van der Waals surface area contributed by atoms with Gasteiger partial charge >= 0.3 is 0 Å². The lowest BCUT2D eigenvalue weighted by Gasteiger charge is -2.13. The van der Waals surface area contributed by atoms with E-state index in [4.69, 9.17) is 9.97 Å². The lowest BCUT2D eigenvalue weighted by Crippen LogP contribution is -2.05. The van der Waals surface area contributed by atoms with E-state index in [1.54, 1.807) is 0 Å². The molecule has 0 saturated carbocycles. The molecule has 0 aliphatic carbocycles. The Balaban J connectivity index is 0.00000353. The molecular weight excluding hydrogens is 464 g/mol. The Kier molecular flexibility index (Phi) is 7.33. The highest BCUT2D eigenvalue weighted by molar-refractivity contribution is 5.38. The zero-order valence-electron chi connectivity index (χ0n) is 23.5. The molecular formula is C34H40N4. The Hall–Kier alpha value is -3.92. The second-order valence-corrected chi connectivity index (χ2v) is 10.7. The van der Waals surface area contributed by atoms with Crippen LogP contribution in [0.15, 0.2) is 72.8 Å². The highest BCUT2D eigenvalue weighted by Crippen LogP contribution is 2.20. The van der Waals surface area contributed by atoms with E-state index in [9.17, 15) is 0 Å². The third-order valence-corrected chi connectivity index (χ3v) is 7.37. The molecule has 4 nitrogen and oxygen atoms in total. The fourth-order valence-electron chi connectivity index (χ4n) is 5.50. The van der Waals surface area contributed by atoms with Gasteiger partial charge in [-0.15, -0.1) is 0 Å². The summed E-state index contributed by atoms with van der Waals surface area (Å²) in [5.41, 5.74) is 12.4. The van der Waals surface area contributed by atoms with Gasteiger partial charge in [0.1, 0.15) is 11.6 Å². The molecule has 0 amide bonds. The van der Waals surface area contributed by atoms with Gasteiger partial charge in [-0.1, -0.05) is 24.3 Å². The molecule has 4 heteroatoms. The van der Waals surface area contributed by atoms with Gasteiger partial charge in [0.05, 0.1) is 0 Å². The molecule has 0 aliphatic rings. The molecule has 0 spiro atoms. The van der Waals surface area contributed by atoms with Crippen LogP contribution in [0, 0.1) is 41.5 Å². The number of aromatic nitrogens is 4. The van der Waals surface area contributed by atoms with Crippen LogP contribution in [0.2, 0.25) is 0 Å². The van der Waals surface area contributed by atoms with Gasteiger partial charge in [0.2, 0.25) is 0 Å². The molecule has 0 fully saturated rings. The average Bonchev–Trinajstić information content (AvgIpc) is 3.40. The molecule has 5 aromatic rings. The van der Waals surface area contributed by atoms with E-state index in [2.05, 4.69) is 123 Å². The topological polar surface area (TPSA) is 35.6 Å². The molecule has 0 radical (unpaired) electrons. The third kappa shape index (κ3) is 5.65. The standard InChI is InChI=1S/C34H38N4.H2/c1-23-18-32(36-33(19-23)37-25(3)10-11-26(37)4)17-16-30-9-7-8-29(21-30)14-15-31-20-24(2)35-34(22-31)38-27(5)12-13-28(38)6;/h7-13,18-22H,14-17H2,1-6H3;1H. The zero-order valence-corrected chi connectivity index (χ0v) is 23.5. The van der Waals surface area contributed by atoms with Crippen LogP contribution in [-0.2, 0) is 25.7 Å². The first kappa shape index (κ1) is 25.7. The number of aryl methyl sites for hydroxylation is 10. The Morgan fingerprint density at radius 3 is 1.66 bits per heavy atom. The van der Waals surface area contributed by atoms with E-state index in [-0.39, 0.29) is 1.43 Å². The van der Waals surface area contributed by atoms with Crippen molar-refractivity contribution in [2.75, 3.05) is 0 Å². The minimum absolute atomic E-state index is 0. The van der Waals surface area contributed by atoms with Crippen molar-refractivity contribution in [3.8, 4) is 11.6 Å². The highest BCUT2D eigenvalue weighted by atomic mass is 15.1. The first-order valence-electron chi connectivity index (χ1n) is 13.6. The predicted octanol–water partition coefficient (Wildman–Crippen LogP) is 7.72. The monoisotopic (exact) mass is 504 g/mol. The minimum Gasteiger partial charge on any atom is -0.303 e. The number of pyridine rings is 2. The summed E-state index contributed by atoms with van der Waals surface area (Å²) in [4.78, 5) is 9.83. The number of hydrogen-bond acceptors (Lipinski definition) is 2. The van der Waals surface area contributed by atoms with Gasteiger partial charge in [0.25, 0.3) is 0 Å². The van der Waals surface area contributed by atoms with Crippen LogP contribution in [-0.4, -0.2) is 19.1 Å². The van der Waals surface area contributed by atoms with Crippen molar-refractivity contribution in [3.63, 3.8) is 0 Å². The maximum atomic E-state index is 5.02. The van der Waals surface area contributed by atoms with Crippen molar-refractivity contribution in [1.29, 1.82) is 0 Å². The van der Waals surface area contributed by atoms with Gasteiger partial charge in [-0.25, -0.2) is 9.97 Å². The molecule has 0 atom stereocenters. The summed E-state index contributed by atoms with van der Waals surface area (Å²) in [5, 5.41) is 0. The fraction of sp³-hybridized carbons (Fsp3) is 0.294. The molecule has 0 unspecified atom stereocenters. The molecule has 196 valence electrons. The molecule has 0 N–H and O–H groups in total. The van der Waals surface area contributed by atoms with E-state index >= 15 is 0 Å². The van der Waals surface area contributed by atoms with Gasteiger partial charge in [0, 0.05) is 35.6 Å². The Morgan fingerprint density at radius 2 is 1.05 bits per heavy atom. The smallest absolute Gasteiger partial charge is 0.137 e. The molecule has 5 rings (SSSR count). The number of rotatable bonds is 8. The summed E-state index contributed by atoms with van der Waals surface area (Å²) in [5.74, 6) is 2.04. The second-order valence-electron chi connectivity index (χ2n) is 10.7. The molecule has 0 aliphatic heterocycles. The first-order valence-corrected chi connectivity index (χ1v) is 13.6. The van der Waals surface area contributed by atoms with Gasteiger partial charge in [0.15, 0.2) is 0 Å². The fourth-order valence-corrected chi connectivity index (χ4v) is 5.50. The molecule has 0 saturated heterocycles. The van der Waals surface area contributed by atoms with E-state index < -0.39 is 0 Å². The molecule has 1 aromatic carbocycles. The summed E-state index contributed by atoms with van der Waals surface area (Å²) < 4.78 is 4.48. The second kappa shape index (κ2) is 10.8. The van der Waals surface area contributed by atoms with Crippen LogP contribution in [0.3, 0.4) is 0 Å². The Labute approximate surface area is 228 Å². The maximum Gasteiger partial charge on any atom is 0.137 e. The van der Waals surface area contributed by atoms with Crippen molar-refractivity contribution < 1.29 is 1.43 Å². The summed E-state index contributed by atoms with van der Waals surface area (Å²) in [6.45, 7) is 12.8. The van der Waals surface area contributed by atoms with E-state index in [1.807, 2.05) is 0 Å². The lowest BCUT2D eigenvalue weighted by atomic mass is 10.00. The molecule has 38 heavy (non-hydrogen) atoms. The van der Waals surface area contributed by atoms with E-state index in [1.165, 1.54) is 45.0 Å². The number of benzene rings is 1. The molecule has 4 aromatic heterocycles. The van der Waals surface area contributed by atoms with Gasteiger partial charge < -0.3 is 9.13 Å². The Morgan fingerprint density at radius 1 is 0.526 bits per heavy atom. The number of hydrogen-bond donors (Lipinski definition) is 0. The summed E-state index contributed by atoms with van der Waals surface area (Å²) in [6, 6.07) is 26.5. The maximum absolute atomic E-state index is 5.02. The first-order chi connectivity index (χ1) is 18.3. The third-order valence-electron chi connectivity index (χ3n) is 7.37. The van der Waals surface area contributed by atoms with Crippen LogP contribution < -0.4 is 0 Å². The quantitative estimate of drug-likeness (QED) is 0.217. The van der Waals surface area contributed by atoms with Crippen molar-refractivity contribution in [2.24, 2.45) is 0 Å². The van der Waals surface area contributed by atoms with E-state index in [0.29, 0.717) is 0 Å². The zero-order chi connectivity index (χ0) is 26.8. The van der Waals surface area contributed by atoms with Crippen LogP contribution in [0.5, 0.6) is 0 Å². The lowest BCUT2D eigenvalue weighted by molar-refractivity contribution is 0.858. The summed E-state index contributed by atoms with van der Waals surface area (Å²) >= 11 is 0. The molecule has 0 bridgehead atoms. The van der Waals surface area contributed by atoms with Gasteiger partial charge in [-0.2, -0.15) is 0 Å². The number of nitrogens with zero attached hydrogens (tertiary/aromatic N) is 4. The van der Waals surface area contributed by atoms with Crippen molar-refractivity contribution in [1.82, 2.24) is 19.1 Å². The van der Waals surface area contributed by atoms with Gasteiger partial charge in [-0.3, -0.25) is 0 Å². The van der Waals surface area contributed by atoms with Crippen LogP contribution in [0.25, 0.3) is 11.6 Å². The van der Waals surface area contributed by atoms with Crippen molar-refractivity contribution in [2.45, 2.75) is 67.2 Å². The predicted molar refractivity (Wildman–Crippen MR) is 159 cm³/mol. The summed E-state index contributed by atoms with van der Waals surface area (Å²) in [7, 11) is 0. The van der Waals surface area contributed by atoms with Crippen LogP contribution in [0.4, 0.5) is 0 Å². The minimum atomic E-state index is 0. The normalized spacial score (nSPS) is 11.3. The molecule has 4 heterocycles. The van der Waals surface area contributed by atoms with E-state index in [0.717, 1.165) is 48.7 Å². The van der Waals surface area contributed by atoms with Crippen LogP contribution >= 0.6 is 0 Å². The van der Waals surface area contributed by atoms with Crippen molar-refractivity contribution >= 4 is 0 Å². The van der Waals surface area contributed by atoms with Gasteiger partial charge in [-0.05, 0) is 138 Å². The SMILES string of the molecule is Cc1cc(CCc2cccc(CCc3cc(C)nc(-n4c(C)ccc4C)c3)c2)nc(-n2c(C)ccc2C)c1.[HH]. The van der Waals surface area contributed by atoms with Crippen LogP contribution in [0.1, 0.15) is 57.8 Å².